The largest absolute Gasteiger partial charge is 0.341 e. The van der Waals surface area contributed by atoms with Crippen LogP contribution in [0.25, 0.3) is 11.0 Å². The molecule has 1 saturated heterocycles. The third-order valence-electron chi connectivity index (χ3n) is 6.55. The van der Waals surface area contributed by atoms with Crippen LogP contribution in [-0.4, -0.2) is 37.9 Å². The molecule has 0 radical (unpaired) electrons. The van der Waals surface area contributed by atoms with Gasteiger partial charge in [0.1, 0.15) is 11.6 Å². The van der Waals surface area contributed by atoms with Crippen LogP contribution in [0.4, 0.5) is 0 Å². The second-order valence-electron chi connectivity index (χ2n) is 9.79. The molecule has 2 aliphatic rings. The minimum Gasteiger partial charge on any atom is -0.341 e. The van der Waals surface area contributed by atoms with Crippen LogP contribution < -0.4 is 5.56 Å². The molecule has 1 aliphatic carbocycles. The molecule has 1 aliphatic heterocycles. The van der Waals surface area contributed by atoms with E-state index in [-0.39, 0.29) is 16.4 Å². The minimum atomic E-state index is -0.166. The molecule has 3 aromatic rings. The van der Waals surface area contributed by atoms with Crippen molar-refractivity contribution in [2.45, 2.75) is 63.8 Å². The van der Waals surface area contributed by atoms with Crippen molar-refractivity contribution in [3.8, 4) is 0 Å². The minimum absolute atomic E-state index is 0.00609. The molecular weight excluding hydrogens is 362 g/mol. The number of fused-ring (bicyclic) bond motifs is 3. The zero-order valence-electron chi connectivity index (χ0n) is 17.5. The first kappa shape index (κ1) is 18.6. The van der Waals surface area contributed by atoms with Gasteiger partial charge in [0.15, 0.2) is 0 Å². The monoisotopic (exact) mass is 391 g/mol. The van der Waals surface area contributed by atoms with Crippen molar-refractivity contribution >= 4 is 11.0 Å². The highest BCUT2D eigenvalue weighted by Gasteiger charge is 2.45. The van der Waals surface area contributed by atoms with E-state index in [0.29, 0.717) is 0 Å². The number of para-hydroxylation sites is 2. The lowest BCUT2D eigenvalue weighted by atomic mass is 9.77. The molecule has 1 aromatic carbocycles. The number of hydrogen-bond acceptors (Lipinski definition) is 4. The fraction of sp³-hybridized carbons (Fsp3) is 0.522. The quantitative estimate of drug-likeness (QED) is 0.702. The zero-order chi connectivity index (χ0) is 20.2. The molecule has 0 amide bonds. The van der Waals surface area contributed by atoms with E-state index in [1.165, 1.54) is 0 Å². The lowest BCUT2D eigenvalue weighted by Gasteiger charge is -2.40. The molecule has 29 heavy (non-hydrogen) atoms. The van der Waals surface area contributed by atoms with E-state index in [1.807, 2.05) is 18.2 Å². The average molecular weight is 392 g/mol. The van der Waals surface area contributed by atoms with E-state index in [0.717, 1.165) is 79.3 Å². The van der Waals surface area contributed by atoms with Crippen LogP contribution in [0.1, 0.15) is 62.9 Å². The summed E-state index contributed by atoms with van der Waals surface area (Å²) in [6.45, 7) is 9.12. The second-order valence-corrected chi connectivity index (χ2v) is 9.79. The Hall–Kier alpha value is -2.47. The first-order chi connectivity index (χ1) is 13.8. The van der Waals surface area contributed by atoms with Gasteiger partial charge in [0.05, 0.1) is 23.3 Å². The number of hydrogen-bond donors (Lipinski definition) is 2. The third kappa shape index (κ3) is 3.19. The molecule has 2 aromatic heterocycles. The van der Waals surface area contributed by atoms with Crippen LogP contribution in [0.2, 0.25) is 0 Å². The molecule has 5 rings (SSSR count). The number of nitrogens with zero attached hydrogens (tertiary/aromatic N) is 3. The summed E-state index contributed by atoms with van der Waals surface area (Å²) < 4.78 is 0. The molecule has 0 bridgehead atoms. The average Bonchev–Trinajstić information content (AvgIpc) is 3.23. The summed E-state index contributed by atoms with van der Waals surface area (Å²) in [6, 6.07) is 8.17. The number of piperidine rings is 1. The highest BCUT2D eigenvalue weighted by molar-refractivity contribution is 5.74. The second kappa shape index (κ2) is 6.52. The van der Waals surface area contributed by atoms with E-state index in [9.17, 15) is 4.79 Å². The van der Waals surface area contributed by atoms with Crippen molar-refractivity contribution in [1.82, 2.24) is 24.8 Å². The predicted octanol–water partition coefficient (Wildman–Crippen LogP) is 3.42. The Morgan fingerprint density at radius 1 is 1.14 bits per heavy atom. The van der Waals surface area contributed by atoms with Gasteiger partial charge in [-0.3, -0.25) is 9.69 Å². The van der Waals surface area contributed by atoms with Gasteiger partial charge >= 0.3 is 0 Å². The Bertz CT molecular complexity index is 1090. The van der Waals surface area contributed by atoms with Crippen molar-refractivity contribution in [2.75, 3.05) is 13.1 Å². The molecule has 2 N–H and O–H groups in total. The van der Waals surface area contributed by atoms with Crippen LogP contribution in [0.3, 0.4) is 0 Å². The summed E-state index contributed by atoms with van der Waals surface area (Å²) in [4.78, 5) is 31.5. The van der Waals surface area contributed by atoms with Gasteiger partial charge in [-0.2, -0.15) is 0 Å². The number of aromatic amines is 2. The van der Waals surface area contributed by atoms with Crippen LogP contribution in [0.15, 0.2) is 29.1 Å². The van der Waals surface area contributed by atoms with Crippen molar-refractivity contribution < 1.29 is 0 Å². The number of likely N-dealkylation sites (tertiary alicyclic amines) is 1. The molecule has 1 spiro atoms. The first-order valence-corrected chi connectivity index (χ1v) is 10.6. The Labute approximate surface area is 170 Å². The molecule has 1 unspecified atom stereocenters. The Balaban J connectivity index is 1.45. The van der Waals surface area contributed by atoms with Gasteiger partial charge in [-0.15, -0.1) is 0 Å². The van der Waals surface area contributed by atoms with E-state index in [2.05, 4.69) is 41.7 Å². The Morgan fingerprint density at radius 3 is 2.76 bits per heavy atom. The lowest BCUT2D eigenvalue weighted by Crippen LogP contribution is -2.45. The summed E-state index contributed by atoms with van der Waals surface area (Å²) in [5.74, 6) is 1.81. The van der Waals surface area contributed by atoms with Crippen molar-refractivity contribution in [1.29, 1.82) is 0 Å². The van der Waals surface area contributed by atoms with Gasteiger partial charge in [0.25, 0.3) is 5.56 Å². The normalized spacial score (nSPS) is 22.4. The van der Waals surface area contributed by atoms with Gasteiger partial charge in [-0.25, -0.2) is 9.97 Å². The number of imidazole rings is 1. The van der Waals surface area contributed by atoms with Crippen molar-refractivity contribution in [3.63, 3.8) is 0 Å². The maximum Gasteiger partial charge on any atom is 0.254 e. The standard InChI is InChI=1S/C23H29N5O/c1-22(2,3)21-26-19-15(20(29)27-21)9-11-23(19)10-6-12-28(14-23)13-18-24-16-7-4-5-8-17(16)25-18/h4-5,7-8H,6,9-14H2,1-3H3,(H,24,25)(H,26,27,29). The van der Waals surface area contributed by atoms with E-state index >= 15 is 0 Å². The molecular formula is C23H29N5O. The van der Waals surface area contributed by atoms with Gasteiger partial charge in [0, 0.05) is 22.9 Å². The molecule has 6 heteroatoms. The van der Waals surface area contributed by atoms with Crippen LogP contribution in [-0.2, 0) is 23.8 Å². The molecule has 1 fully saturated rings. The van der Waals surface area contributed by atoms with Gasteiger partial charge < -0.3 is 9.97 Å². The number of benzene rings is 1. The number of nitrogens with one attached hydrogen (secondary N) is 2. The summed E-state index contributed by atoms with van der Waals surface area (Å²) in [6.07, 6.45) is 4.08. The van der Waals surface area contributed by atoms with Crippen molar-refractivity contribution in [3.05, 3.63) is 57.5 Å². The third-order valence-corrected chi connectivity index (χ3v) is 6.55. The maximum atomic E-state index is 12.8. The van der Waals surface area contributed by atoms with Gasteiger partial charge in [-0.05, 0) is 44.4 Å². The summed E-state index contributed by atoms with van der Waals surface area (Å²) in [5, 5.41) is 0. The summed E-state index contributed by atoms with van der Waals surface area (Å²) >= 11 is 0. The first-order valence-electron chi connectivity index (χ1n) is 10.6. The predicted molar refractivity (Wildman–Crippen MR) is 114 cm³/mol. The number of H-pyrrole nitrogens is 2. The Kier molecular flexibility index (Phi) is 4.17. The smallest absolute Gasteiger partial charge is 0.254 e. The Morgan fingerprint density at radius 2 is 1.97 bits per heavy atom. The molecule has 0 saturated carbocycles. The van der Waals surface area contributed by atoms with E-state index in [4.69, 9.17) is 9.97 Å². The highest BCUT2D eigenvalue weighted by Crippen LogP contribution is 2.43. The topological polar surface area (TPSA) is 77.7 Å². The van der Waals surface area contributed by atoms with E-state index in [1.54, 1.807) is 0 Å². The maximum absolute atomic E-state index is 12.8. The molecule has 3 heterocycles. The van der Waals surface area contributed by atoms with Crippen LogP contribution in [0, 0.1) is 0 Å². The van der Waals surface area contributed by atoms with Gasteiger partial charge in [0.2, 0.25) is 0 Å². The molecule has 1 atom stereocenters. The molecule has 6 nitrogen and oxygen atoms in total. The SMILES string of the molecule is CC(C)(C)c1nc2c(c(=O)[nH]1)CCC21CCCN(Cc2nc3ccccc3[nH]2)C1. The fourth-order valence-corrected chi connectivity index (χ4v) is 5.06. The fourth-order valence-electron chi connectivity index (χ4n) is 5.06. The van der Waals surface area contributed by atoms with E-state index < -0.39 is 0 Å². The summed E-state index contributed by atoms with van der Waals surface area (Å²) in [5.41, 5.74) is 3.95. The highest BCUT2D eigenvalue weighted by atomic mass is 16.1. The van der Waals surface area contributed by atoms with Crippen LogP contribution in [0.5, 0.6) is 0 Å². The molecule has 152 valence electrons. The van der Waals surface area contributed by atoms with Gasteiger partial charge in [-0.1, -0.05) is 32.9 Å². The number of aromatic nitrogens is 4. The summed E-state index contributed by atoms with van der Waals surface area (Å²) in [7, 11) is 0. The zero-order valence-corrected chi connectivity index (χ0v) is 17.5. The lowest BCUT2D eigenvalue weighted by molar-refractivity contribution is 0.134. The number of rotatable bonds is 2. The van der Waals surface area contributed by atoms with Crippen LogP contribution >= 0.6 is 0 Å². The van der Waals surface area contributed by atoms with Crippen molar-refractivity contribution in [2.24, 2.45) is 0 Å².